The molecular weight excluding hydrogens is 276 g/mol. The Morgan fingerprint density at radius 3 is 2.56 bits per heavy atom. The van der Waals surface area contributed by atoms with Gasteiger partial charge < -0.3 is 4.74 Å². The molecule has 0 aliphatic rings. The van der Waals surface area contributed by atoms with Gasteiger partial charge in [0.05, 0.1) is 10.6 Å². The standard InChI is InChI=1S/C13H6Cl2FNO/c14-9-1-4-13(8(5-9)7-17)18-10-2-3-11(15)12(16)6-10/h1-6H. The molecular formula is C13H6Cl2FNO. The highest BCUT2D eigenvalue weighted by Gasteiger charge is 2.07. The van der Waals surface area contributed by atoms with Crippen LogP contribution in [0.25, 0.3) is 0 Å². The second-order valence-corrected chi connectivity index (χ2v) is 4.27. The molecule has 0 N–H and O–H groups in total. The van der Waals surface area contributed by atoms with Crippen LogP contribution < -0.4 is 4.74 Å². The number of nitrogens with zero attached hydrogens (tertiary/aromatic N) is 1. The monoisotopic (exact) mass is 281 g/mol. The zero-order valence-corrected chi connectivity index (χ0v) is 10.5. The van der Waals surface area contributed by atoms with Crippen molar-refractivity contribution < 1.29 is 9.13 Å². The molecule has 18 heavy (non-hydrogen) atoms. The molecule has 0 saturated carbocycles. The molecule has 0 fully saturated rings. The van der Waals surface area contributed by atoms with Gasteiger partial charge in [-0.15, -0.1) is 0 Å². The topological polar surface area (TPSA) is 33.0 Å². The third-order valence-corrected chi connectivity index (χ3v) is 2.72. The van der Waals surface area contributed by atoms with Crippen molar-refractivity contribution in [2.24, 2.45) is 0 Å². The number of ether oxygens (including phenoxy) is 1. The van der Waals surface area contributed by atoms with Crippen molar-refractivity contribution >= 4 is 23.2 Å². The fourth-order valence-corrected chi connectivity index (χ4v) is 1.64. The van der Waals surface area contributed by atoms with Crippen molar-refractivity contribution in [2.75, 3.05) is 0 Å². The van der Waals surface area contributed by atoms with Gasteiger partial charge in [-0.2, -0.15) is 5.26 Å². The van der Waals surface area contributed by atoms with E-state index in [-0.39, 0.29) is 16.3 Å². The summed E-state index contributed by atoms with van der Waals surface area (Å²) in [6.45, 7) is 0. The highest BCUT2D eigenvalue weighted by molar-refractivity contribution is 6.31. The average Bonchev–Trinajstić information content (AvgIpc) is 2.36. The molecule has 2 nitrogen and oxygen atoms in total. The average molecular weight is 282 g/mol. The van der Waals surface area contributed by atoms with Crippen LogP contribution in [-0.4, -0.2) is 0 Å². The van der Waals surface area contributed by atoms with Gasteiger partial charge in [0.15, 0.2) is 0 Å². The number of rotatable bonds is 2. The normalized spacial score (nSPS) is 9.89. The summed E-state index contributed by atoms with van der Waals surface area (Å²) in [6, 6.07) is 10.6. The highest BCUT2D eigenvalue weighted by Crippen LogP contribution is 2.29. The fraction of sp³-hybridized carbons (Fsp3) is 0. The lowest BCUT2D eigenvalue weighted by Gasteiger charge is -2.08. The smallest absolute Gasteiger partial charge is 0.145 e. The summed E-state index contributed by atoms with van der Waals surface area (Å²) in [6.07, 6.45) is 0. The maximum absolute atomic E-state index is 13.2. The number of halogens is 3. The van der Waals surface area contributed by atoms with Gasteiger partial charge >= 0.3 is 0 Å². The van der Waals surface area contributed by atoms with E-state index in [1.54, 1.807) is 12.1 Å². The van der Waals surface area contributed by atoms with Gasteiger partial charge in [0.2, 0.25) is 0 Å². The summed E-state index contributed by atoms with van der Waals surface area (Å²) in [5.74, 6) is -0.0130. The Labute approximate surface area is 113 Å². The zero-order valence-electron chi connectivity index (χ0n) is 8.95. The summed E-state index contributed by atoms with van der Waals surface area (Å²) in [7, 11) is 0. The first-order chi connectivity index (χ1) is 8.60. The second kappa shape index (κ2) is 5.26. The molecule has 90 valence electrons. The highest BCUT2D eigenvalue weighted by atomic mass is 35.5. The third-order valence-electron chi connectivity index (χ3n) is 2.18. The molecule has 2 rings (SSSR count). The first kappa shape index (κ1) is 12.7. The Kier molecular flexibility index (Phi) is 3.71. The number of hydrogen-bond donors (Lipinski definition) is 0. The van der Waals surface area contributed by atoms with E-state index in [1.165, 1.54) is 18.2 Å². The predicted octanol–water partition coefficient (Wildman–Crippen LogP) is 4.80. The predicted molar refractivity (Wildman–Crippen MR) is 67.7 cm³/mol. The SMILES string of the molecule is N#Cc1cc(Cl)ccc1Oc1ccc(Cl)c(F)c1. The van der Waals surface area contributed by atoms with E-state index in [0.717, 1.165) is 6.07 Å². The van der Waals surface area contributed by atoms with E-state index in [9.17, 15) is 4.39 Å². The molecule has 0 heterocycles. The second-order valence-electron chi connectivity index (χ2n) is 3.43. The molecule has 0 aliphatic heterocycles. The first-order valence-corrected chi connectivity index (χ1v) is 5.68. The van der Waals surface area contributed by atoms with E-state index < -0.39 is 5.82 Å². The Bertz CT molecular complexity index is 637. The molecule has 0 aliphatic carbocycles. The first-order valence-electron chi connectivity index (χ1n) is 4.92. The summed E-state index contributed by atoms with van der Waals surface area (Å²) in [5.41, 5.74) is 0.276. The maximum atomic E-state index is 13.2. The van der Waals surface area contributed by atoms with Crippen LogP contribution in [0.4, 0.5) is 4.39 Å². The Balaban J connectivity index is 2.34. The van der Waals surface area contributed by atoms with Crippen molar-refractivity contribution in [1.29, 1.82) is 5.26 Å². The quantitative estimate of drug-likeness (QED) is 0.792. The van der Waals surface area contributed by atoms with Gasteiger partial charge in [0.25, 0.3) is 0 Å². The maximum Gasteiger partial charge on any atom is 0.145 e. The molecule has 2 aromatic carbocycles. The summed E-state index contributed by atoms with van der Waals surface area (Å²) in [4.78, 5) is 0. The van der Waals surface area contributed by atoms with Crippen LogP contribution in [0.2, 0.25) is 10.0 Å². The minimum Gasteiger partial charge on any atom is -0.456 e. The van der Waals surface area contributed by atoms with Gasteiger partial charge in [0.1, 0.15) is 23.4 Å². The number of benzene rings is 2. The molecule has 0 bridgehead atoms. The molecule has 0 amide bonds. The van der Waals surface area contributed by atoms with Crippen LogP contribution in [0.1, 0.15) is 5.56 Å². The van der Waals surface area contributed by atoms with Crippen molar-refractivity contribution in [3.05, 3.63) is 57.8 Å². The van der Waals surface area contributed by atoms with Crippen molar-refractivity contribution in [1.82, 2.24) is 0 Å². The van der Waals surface area contributed by atoms with E-state index in [4.69, 9.17) is 33.2 Å². The van der Waals surface area contributed by atoms with Crippen LogP contribution in [0, 0.1) is 17.1 Å². The lowest BCUT2D eigenvalue weighted by molar-refractivity contribution is 0.475. The largest absolute Gasteiger partial charge is 0.456 e. The zero-order chi connectivity index (χ0) is 13.1. The number of hydrogen-bond acceptors (Lipinski definition) is 2. The third kappa shape index (κ3) is 2.73. The van der Waals surface area contributed by atoms with Crippen molar-refractivity contribution in [3.63, 3.8) is 0 Å². The molecule has 0 spiro atoms. The molecule has 0 unspecified atom stereocenters. The van der Waals surface area contributed by atoms with Crippen LogP contribution in [0.15, 0.2) is 36.4 Å². The molecule has 0 saturated heterocycles. The van der Waals surface area contributed by atoms with Gasteiger partial charge in [-0.1, -0.05) is 23.2 Å². The van der Waals surface area contributed by atoms with E-state index in [0.29, 0.717) is 10.8 Å². The van der Waals surface area contributed by atoms with Gasteiger partial charge in [0, 0.05) is 11.1 Å². The molecule has 2 aromatic rings. The van der Waals surface area contributed by atoms with Gasteiger partial charge in [-0.25, -0.2) is 4.39 Å². The molecule has 5 heteroatoms. The lowest BCUT2D eigenvalue weighted by Crippen LogP contribution is -1.89. The van der Waals surface area contributed by atoms with Gasteiger partial charge in [-0.3, -0.25) is 0 Å². The molecule has 0 radical (unpaired) electrons. The Morgan fingerprint density at radius 1 is 1.11 bits per heavy atom. The van der Waals surface area contributed by atoms with E-state index in [1.807, 2.05) is 6.07 Å². The molecule has 0 atom stereocenters. The summed E-state index contributed by atoms with van der Waals surface area (Å²) < 4.78 is 18.6. The van der Waals surface area contributed by atoms with Crippen LogP contribution in [-0.2, 0) is 0 Å². The summed E-state index contributed by atoms with van der Waals surface area (Å²) in [5, 5.41) is 9.38. The van der Waals surface area contributed by atoms with E-state index in [2.05, 4.69) is 0 Å². The van der Waals surface area contributed by atoms with Crippen molar-refractivity contribution in [2.45, 2.75) is 0 Å². The fourth-order valence-electron chi connectivity index (χ4n) is 1.35. The van der Waals surface area contributed by atoms with Gasteiger partial charge in [-0.05, 0) is 30.3 Å². The Morgan fingerprint density at radius 2 is 1.89 bits per heavy atom. The minimum atomic E-state index is -0.582. The number of nitriles is 1. The van der Waals surface area contributed by atoms with Crippen LogP contribution in [0.3, 0.4) is 0 Å². The summed E-state index contributed by atoms with van der Waals surface area (Å²) >= 11 is 11.3. The van der Waals surface area contributed by atoms with Crippen LogP contribution in [0.5, 0.6) is 11.5 Å². The minimum absolute atomic E-state index is 0.0129. The Hall–Kier alpha value is -1.76. The van der Waals surface area contributed by atoms with Crippen LogP contribution >= 0.6 is 23.2 Å². The van der Waals surface area contributed by atoms with Crippen molar-refractivity contribution in [3.8, 4) is 17.6 Å². The lowest BCUT2D eigenvalue weighted by atomic mass is 10.2. The van der Waals surface area contributed by atoms with E-state index >= 15 is 0 Å². The molecule has 0 aromatic heterocycles.